The predicted octanol–water partition coefficient (Wildman–Crippen LogP) is 2.13. The Bertz CT molecular complexity index is 586. The van der Waals surface area contributed by atoms with E-state index >= 15 is 0 Å². The zero-order valence-corrected chi connectivity index (χ0v) is 14.4. The van der Waals surface area contributed by atoms with Gasteiger partial charge in [-0.15, -0.1) is 25.6 Å². The quantitative estimate of drug-likeness (QED) is 0.874. The van der Waals surface area contributed by atoms with Crippen LogP contribution in [0.3, 0.4) is 0 Å². The molecular weight excluding hydrogens is 359 g/mol. The first-order valence-electron chi connectivity index (χ1n) is 8.02. The molecule has 3 rings (SSSR count). The van der Waals surface area contributed by atoms with Gasteiger partial charge in [-0.25, -0.2) is 0 Å². The summed E-state index contributed by atoms with van der Waals surface area (Å²) in [6.45, 7) is 4.74. The summed E-state index contributed by atoms with van der Waals surface area (Å²) in [4.78, 5) is 16.6. The topological polar surface area (TPSA) is 44.8 Å². The van der Waals surface area contributed by atoms with E-state index < -0.39 is 6.36 Å². The van der Waals surface area contributed by atoms with E-state index in [1.165, 1.54) is 18.2 Å². The van der Waals surface area contributed by atoms with Gasteiger partial charge in [-0.05, 0) is 31.2 Å². The van der Waals surface area contributed by atoms with Crippen molar-refractivity contribution in [3.05, 3.63) is 29.8 Å². The lowest BCUT2D eigenvalue weighted by molar-refractivity contribution is -0.274. The third kappa shape index (κ3) is 5.23. The van der Waals surface area contributed by atoms with Gasteiger partial charge in [0.1, 0.15) is 5.75 Å². The molecule has 2 aliphatic rings. The van der Waals surface area contributed by atoms with Crippen LogP contribution in [-0.4, -0.2) is 67.4 Å². The smallest absolute Gasteiger partial charge is 0.406 e. The van der Waals surface area contributed by atoms with Crippen LogP contribution < -0.4 is 10.1 Å². The first-order valence-corrected chi connectivity index (χ1v) is 8.02. The van der Waals surface area contributed by atoms with Crippen molar-refractivity contribution < 1.29 is 22.7 Å². The summed E-state index contributed by atoms with van der Waals surface area (Å²) >= 11 is 0. The number of nitrogens with one attached hydrogen (secondary N) is 1. The largest absolute Gasteiger partial charge is 0.573 e. The van der Waals surface area contributed by atoms with Crippen molar-refractivity contribution in [2.75, 3.05) is 39.3 Å². The van der Waals surface area contributed by atoms with E-state index in [1.807, 2.05) is 0 Å². The Morgan fingerprint density at radius 1 is 1.20 bits per heavy atom. The van der Waals surface area contributed by atoms with Gasteiger partial charge in [0.15, 0.2) is 0 Å². The first-order chi connectivity index (χ1) is 11.4. The van der Waals surface area contributed by atoms with Gasteiger partial charge >= 0.3 is 6.36 Å². The monoisotopic (exact) mass is 379 g/mol. The highest BCUT2D eigenvalue weighted by Crippen LogP contribution is 2.24. The molecule has 9 heteroatoms. The Labute approximate surface area is 150 Å². The first kappa shape index (κ1) is 19.8. The number of hydrogen-bond donors (Lipinski definition) is 1. The highest BCUT2D eigenvalue weighted by molar-refractivity contribution is 5.94. The maximum Gasteiger partial charge on any atom is 0.573 e. The molecule has 1 amide bonds. The molecule has 0 radical (unpaired) electrons. The van der Waals surface area contributed by atoms with Gasteiger partial charge in [-0.1, -0.05) is 6.07 Å². The summed E-state index contributed by atoms with van der Waals surface area (Å²) < 4.78 is 40.8. The molecule has 0 spiro atoms. The van der Waals surface area contributed by atoms with E-state index in [9.17, 15) is 18.0 Å². The van der Waals surface area contributed by atoms with E-state index in [0.29, 0.717) is 19.1 Å². The molecule has 1 atom stereocenters. The zero-order valence-electron chi connectivity index (χ0n) is 13.6. The highest BCUT2D eigenvalue weighted by Gasteiger charge is 2.32. The molecule has 0 aromatic heterocycles. The molecule has 1 aromatic carbocycles. The lowest BCUT2D eigenvalue weighted by atomic mass is 10.1. The summed E-state index contributed by atoms with van der Waals surface area (Å²) in [5, 5.41) is 3.33. The Morgan fingerprint density at radius 2 is 1.92 bits per heavy atom. The number of amides is 1. The van der Waals surface area contributed by atoms with Crippen LogP contribution in [0.15, 0.2) is 24.3 Å². The second-order valence-corrected chi connectivity index (χ2v) is 6.05. The van der Waals surface area contributed by atoms with Crippen LogP contribution in [0.1, 0.15) is 16.8 Å². The van der Waals surface area contributed by atoms with Gasteiger partial charge in [0.2, 0.25) is 0 Å². The van der Waals surface area contributed by atoms with Crippen molar-refractivity contribution in [1.82, 2.24) is 15.1 Å². The van der Waals surface area contributed by atoms with Crippen LogP contribution in [0.4, 0.5) is 13.2 Å². The molecule has 140 valence electrons. The van der Waals surface area contributed by atoms with E-state index in [-0.39, 0.29) is 29.6 Å². The molecule has 5 nitrogen and oxygen atoms in total. The van der Waals surface area contributed by atoms with Crippen molar-refractivity contribution in [3.8, 4) is 5.75 Å². The molecule has 25 heavy (non-hydrogen) atoms. The summed E-state index contributed by atoms with van der Waals surface area (Å²) in [6, 6.07) is 5.76. The molecule has 2 heterocycles. The Kier molecular flexibility index (Phi) is 6.53. The molecule has 2 aliphatic heterocycles. The predicted molar refractivity (Wildman–Crippen MR) is 89.1 cm³/mol. The number of ether oxygens (including phenoxy) is 1. The van der Waals surface area contributed by atoms with Gasteiger partial charge < -0.3 is 15.0 Å². The number of nitrogens with zero attached hydrogens (tertiary/aromatic N) is 2. The average molecular weight is 380 g/mol. The molecule has 1 unspecified atom stereocenters. The second-order valence-electron chi connectivity index (χ2n) is 6.05. The van der Waals surface area contributed by atoms with Crippen LogP contribution in [0.5, 0.6) is 5.75 Å². The summed E-state index contributed by atoms with van der Waals surface area (Å²) in [5.74, 6) is -0.629. The molecule has 2 saturated heterocycles. The Morgan fingerprint density at radius 3 is 2.52 bits per heavy atom. The lowest BCUT2D eigenvalue weighted by Crippen LogP contribution is -2.52. The zero-order chi connectivity index (χ0) is 17.2. The highest BCUT2D eigenvalue weighted by atomic mass is 35.5. The van der Waals surface area contributed by atoms with Crippen molar-refractivity contribution in [2.24, 2.45) is 0 Å². The van der Waals surface area contributed by atoms with Crippen molar-refractivity contribution in [3.63, 3.8) is 0 Å². The minimum absolute atomic E-state index is 0. The summed E-state index contributed by atoms with van der Waals surface area (Å²) in [6.07, 6.45) is -3.65. The maximum absolute atomic E-state index is 12.5. The number of carbonyl (C=O) groups is 1. The third-order valence-corrected chi connectivity index (χ3v) is 4.47. The van der Waals surface area contributed by atoms with Crippen molar-refractivity contribution in [2.45, 2.75) is 18.8 Å². The van der Waals surface area contributed by atoms with Crippen LogP contribution >= 0.6 is 12.4 Å². The normalized spacial score (nSPS) is 21.7. The van der Waals surface area contributed by atoms with Gasteiger partial charge in [0.05, 0.1) is 0 Å². The van der Waals surface area contributed by atoms with Crippen LogP contribution in [0.2, 0.25) is 0 Å². The van der Waals surface area contributed by atoms with E-state index in [1.54, 1.807) is 4.90 Å². The Hall–Kier alpha value is -1.51. The van der Waals surface area contributed by atoms with Crippen molar-refractivity contribution in [1.29, 1.82) is 0 Å². The SMILES string of the molecule is Cl.O=C(c1cccc(OC(F)(F)F)c1)N1CCN(C2CCNC2)CC1. The fourth-order valence-electron chi connectivity index (χ4n) is 3.25. The van der Waals surface area contributed by atoms with Gasteiger partial charge in [0, 0.05) is 44.3 Å². The van der Waals surface area contributed by atoms with Crippen molar-refractivity contribution >= 4 is 18.3 Å². The molecular formula is C16H21ClF3N3O2. The summed E-state index contributed by atoms with van der Waals surface area (Å²) in [5.41, 5.74) is 0.215. The third-order valence-electron chi connectivity index (χ3n) is 4.47. The van der Waals surface area contributed by atoms with Gasteiger partial charge in [0.25, 0.3) is 5.91 Å². The Balaban J connectivity index is 0.00000225. The standard InChI is InChI=1S/C16H20F3N3O2.ClH/c17-16(18,19)24-14-3-1-2-12(10-14)15(23)22-8-6-21(7-9-22)13-4-5-20-11-13;/h1-3,10,13,20H,4-9,11H2;1H. The molecule has 0 aliphatic carbocycles. The molecule has 0 saturated carbocycles. The lowest BCUT2D eigenvalue weighted by Gasteiger charge is -2.37. The fraction of sp³-hybridized carbons (Fsp3) is 0.562. The van der Waals surface area contributed by atoms with E-state index in [0.717, 1.165) is 38.7 Å². The molecule has 0 bridgehead atoms. The van der Waals surface area contributed by atoms with E-state index in [2.05, 4.69) is 15.0 Å². The van der Waals surface area contributed by atoms with Gasteiger partial charge in [-0.3, -0.25) is 9.69 Å². The number of alkyl halides is 3. The van der Waals surface area contributed by atoms with Gasteiger partial charge in [-0.2, -0.15) is 0 Å². The number of piperazine rings is 1. The van der Waals surface area contributed by atoms with E-state index in [4.69, 9.17) is 0 Å². The molecule has 2 fully saturated rings. The van der Waals surface area contributed by atoms with Crippen LogP contribution in [-0.2, 0) is 0 Å². The second kappa shape index (κ2) is 8.25. The number of carbonyl (C=O) groups excluding carboxylic acids is 1. The van der Waals surface area contributed by atoms with Crippen LogP contribution in [0, 0.1) is 0 Å². The summed E-state index contributed by atoms with van der Waals surface area (Å²) in [7, 11) is 0. The number of halogens is 4. The number of hydrogen-bond acceptors (Lipinski definition) is 4. The maximum atomic E-state index is 12.5. The number of rotatable bonds is 3. The molecule has 1 N–H and O–H groups in total. The minimum atomic E-state index is -4.76. The average Bonchev–Trinajstić information content (AvgIpc) is 3.07. The van der Waals surface area contributed by atoms with Crippen LogP contribution in [0.25, 0.3) is 0 Å². The fourth-order valence-corrected chi connectivity index (χ4v) is 3.25. The minimum Gasteiger partial charge on any atom is -0.406 e. The number of benzene rings is 1. The molecule has 1 aromatic rings.